The molecule has 1 fully saturated rings. The lowest BCUT2D eigenvalue weighted by atomic mass is 10.2. The molecule has 2 rings (SSSR count). The number of hydrogen-bond acceptors (Lipinski definition) is 1. The smallest absolute Gasteiger partial charge is 0.369 e. The van der Waals surface area contributed by atoms with Gasteiger partial charge < -0.3 is 4.90 Å². The van der Waals surface area contributed by atoms with Crippen LogP contribution in [0.3, 0.4) is 0 Å². The average Bonchev–Trinajstić information content (AvgIpc) is 2.75. The van der Waals surface area contributed by atoms with E-state index in [2.05, 4.69) is 0 Å². The molecule has 0 amide bonds. The van der Waals surface area contributed by atoms with Gasteiger partial charge >= 0.3 is 6.18 Å². The highest BCUT2D eigenvalue weighted by atomic mass is 35.5. The average molecular weight is 319 g/mol. The Morgan fingerprint density at radius 3 is 2.06 bits per heavy atom. The van der Waals surface area contributed by atoms with Gasteiger partial charge in [-0.25, -0.2) is 0 Å². The molecule has 0 atom stereocenters. The van der Waals surface area contributed by atoms with Crippen molar-refractivity contribution in [1.29, 1.82) is 0 Å². The molecule has 0 saturated carbocycles. The van der Waals surface area contributed by atoms with Crippen LogP contribution in [0.2, 0.25) is 15.1 Å². The van der Waals surface area contributed by atoms with Crippen molar-refractivity contribution in [2.75, 3.05) is 18.0 Å². The van der Waals surface area contributed by atoms with E-state index < -0.39 is 16.8 Å². The molecular weight excluding hydrogens is 309 g/mol. The van der Waals surface area contributed by atoms with Crippen molar-refractivity contribution in [3.8, 4) is 0 Å². The summed E-state index contributed by atoms with van der Waals surface area (Å²) in [5.41, 5.74) is -0.601. The van der Waals surface area contributed by atoms with Gasteiger partial charge in [0.2, 0.25) is 0 Å². The van der Waals surface area contributed by atoms with E-state index in [-0.39, 0.29) is 10.0 Å². The molecule has 1 aromatic carbocycles. The van der Waals surface area contributed by atoms with Gasteiger partial charge in [0, 0.05) is 13.1 Å². The van der Waals surface area contributed by atoms with Crippen molar-refractivity contribution in [3.05, 3.63) is 26.7 Å². The van der Waals surface area contributed by atoms with Gasteiger partial charge in [0.1, 0.15) is 0 Å². The van der Waals surface area contributed by atoms with E-state index >= 15 is 0 Å². The number of halogens is 6. The molecule has 0 radical (unpaired) electrons. The van der Waals surface area contributed by atoms with Gasteiger partial charge in [-0.05, 0) is 18.9 Å². The van der Waals surface area contributed by atoms with Crippen molar-refractivity contribution >= 4 is 40.5 Å². The van der Waals surface area contributed by atoms with Crippen LogP contribution in [0, 0.1) is 0 Å². The summed E-state index contributed by atoms with van der Waals surface area (Å²) in [5.74, 6) is 0. The van der Waals surface area contributed by atoms with Gasteiger partial charge in [0.15, 0.2) is 0 Å². The highest BCUT2D eigenvalue weighted by Gasteiger charge is 2.36. The van der Waals surface area contributed by atoms with Crippen LogP contribution in [0.5, 0.6) is 0 Å². The van der Waals surface area contributed by atoms with Crippen LogP contribution in [-0.4, -0.2) is 13.1 Å². The van der Waals surface area contributed by atoms with E-state index in [1.54, 1.807) is 0 Å². The molecule has 1 aliphatic heterocycles. The van der Waals surface area contributed by atoms with Crippen LogP contribution in [0.15, 0.2) is 6.07 Å². The zero-order valence-corrected chi connectivity index (χ0v) is 11.4. The zero-order chi connectivity index (χ0) is 13.5. The molecule has 0 unspecified atom stereocenters. The lowest BCUT2D eigenvalue weighted by Gasteiger charge is -2.23. The molecular formula is C11H9Cl3F3N. The minimum absolute atomic E-state index is 0.0152. The Bertz CT molecular complexity index is 468. The van der Waals surface area contributed by atoms with Crippen LogP contribution >= 0.6 is 34.8 Å². The van der Waals surface area contributed by atoms with Gasteiger partial charge in [-0.2, -0.15) is 13.2 Å². The predicted octanol–water partition coefficient (Wildman–Crippen LogP) is 5.27. The van der Waals surface area contributed by atoms with E-state index in [1.807, 2.05) is 4.90 Å². The third-order valence-electron chi connectivity index (χ3n) is 2.86. The molecule has 100 valence electrons. The Labute approximate surface area is 117 Å². The quantitative estimate of drug-likeness (QED) is 0.638. The first-order valence-corrected chi connectivity index (χ1v) is 6.45. The molecule has 1 heterocycles. The molecule has 0 N–H and O–H groups in total. The number of hydrogen-bond donors (Lipinski definition) is 0. The molecule has 1 aliphatic rings. The molecule has 7 heteroatoms. The Kier molecular flexibility index (Phi) is 3.90. The second-order valence-corrected chi connectivity index (χ2v) is 5.24. The SMILES string of the molecule is FC(F)(F)c1cc(Cl)c(N2CCCC2)c(Cl)c1Cl. The third-order valence-corrected chi connectivity index (χ3v) is 4.01. The maximum atomic E-state index is 12.7. The van der Waals surface area contributed by atoms with Crippen molar-refractivity contribution in [3.63, 3.8) is 0 Å². The first kappa shape index (κ1) is 14.1. The number of anilines is 1. The van der Waals surface area contributed by atoms with E-state index in [1.165, 1.54) is 0 Å². The van der Waals surface area contributed by atoms with Crippen molar-refractivity contribution < 1.29 is 13.2 Å². The number of alkyl halides is 3. The highest BCUT2D eigenvalue weighted by molar-refractivity contribution is 6.46. The van der Waals surface area contributed by atoms with E-state index in [0.29, 0.717) is 5.69 Å². The molecule has 0 aliphatic carbocycles. The van der Waals surface area contributed by atoms with Gasteiger partial charge in [0.05, 0.1) is 26.3 Å². The highest BCUT2D eigenvalue weighted by Crippen LogP contribution is 2.46. The van der Waals surface area contributed by atoms with Gasteiger partial charge in [-0.15, -0.1) is 0 Å². The summed E-state index contributed by atoms with van der Waals surface area (Å²) in [7, 11) is 0. The number of nitrogens with zero attached hydrogens (tertiary/aromatic N) is 1. The van der Waals surface area contributed by atoms with Gasteiger partial charge in [-0.3, -0.25) is 0 Å². The largest absolute Gasteiger partial charge is 0.417 e. The fraction of sp³-hybridized carbons (Fsp3) is 0.455. The standard InChI is InChI=1S/C11H9Cl3F3N/c12-7-5-6(11(15,16)17)8(13)9(14)10(7)18-3-1-2-4-18/h5H,1-4H2. The molecule has 1 saturated heterocycles. The summed E-state index contributed by atoms with van der Waals surface area (Å²) >= 11 is 17.5. The monoisotopic (exact) mass is 317 g/mol. The number of benzene rings is 1. The summed E-state index contributed by atoms with van der Waals surface area (Å²) < 4.78 is 38.1. The zero-order valence-electron chi connectivity index (χ0n) is 9.12. The third kappa shape index (κ3) is 2.51. The van der Waals surface area contributed by atoms with Crippen LogP contribution < -0.4 is 4.90 Å². The second kappa shape index (κ2) is 4.99. The fourth-order valence-electron chi connectivity index (χ4n) is 2.02. The normalized spacial score (nSPS) is 16.4. The Morgan fingerprint density at radius 1 is 1.00 bits per heavy atom. The van der Waals surface area contributed by atoms with E-state index in [4.69, 9.17) is 34.8 Å². The Hall–Kier alpha value is -0.320. The topological polar surface area (TPSA) is 3.24 Å². The lowest BCUT2D eigenvalue weighted by Crippen LogP contribution is -2.19. The summed E-state index contributed by atoms with van der Waals surface area (Å²) in [6.07, 6.45) is -2.63. The second-order valence-electron chi connectivity index (χ2n) is 4.07. The molecule has 1 nitrogen and oxygen atoms in total. The maximum absolute atomic E-state index is 12.7. The lowest BCUT2D eigenvalue weighted by molar-refractivity contribution is -0.137. The van der Waals surface area contributed by atoms with Crippen LogP contribution in [0.25, 0.3) is 0 Å². The minimum Gasteiger partial charge on any atom is -0.369 e. The van der Waals surface area contributed by atoms with Gasteiger partial charge in [0.25, 0.3) is 0 Å². The number of rotatable bonds is 1. The Balaban J connectivity index is 2.54. The van der Waals surface area contributed by atoms with E-state index in [9.17, 15) is 13.2 Å². The van der Waals surface area contributed by atoms with Crippen LogP contribution in [0.1, 0.15) is 18.4 Å². The van der Waals surface area contributed by atoms with Crippen LogP contribution in [-0.2, 0) is 6.18 Å². The minimum atomic E-state index is -4.56. The van der Waals surface area contributed by atoms with Crippen molar-refractivity contribution in [1.82, 2.24) is 0 Å². The molecule has 0 aromatic heterocycles. The molecule has 1 aromatic rings. The fourth-order valence-corrected chi connectivity index (χ4v) is 2.97. The van der Waals surface area contributed by atoms with E-state index in [0.717, 1.165) is 32.0 Å². The Morgan fingerprint density at radius 2 is 1.56 bits per heavy atom. The maximum Gasteiger partial charge on any atom is 0.417 e. The van der Waals surface area contributed by atoms with Crippen molar-refractivity contribution in [2.45, 2.75) is 19.0 Å². The molecule has 0 bridgehead atoms. The summed E-state index contributed by atoms with van der Waals surface area (Å²) in [6.45, 7) is 1.45. The summed E-state index contributed by atoms with van der Waals surface area (Å²) in [5, 5.41) is -0.632. The van der Waals surface area contributed by atoms with Crippen LogP contribution in [0.4, 0.5) is 18.9 Å². The summed E-state index contributed by atoms with van der Waals surface area (Å²) in [6, 6.07) is 0.837. The predicted molar refractivity (Wildman–Crippen MR) is 67.9 cm³/mol. The molecule has 0 spiro atoms. The first-order valence-electron chi connectivity index (χ1n) is 5.32. The summed E-state index contributed by atoms with van der Waals surface area (Å²) in [4.78, 5) is 1.86. The first-order chi connectivity index (χ1) is 8.32. The molecule has 18 heavy (non-hydrogen) atoms. The van der Waals surface area contributed by atoms with Gasteiger partial charge in [-0.1, -0.05) is 34.8 Å². The van der Waals surface area contributed by atoms with Crippen molar-refractivity contribution in [2.24, 2.45) is 0 Å².